The van der Waals surface area contributed by atoms with Crippen LogP contribution in [0.2, 0.25) is 5.02 Å². The molecule has 1 saturated carbocycles. The molecule has 2 aliphatic rings. The van der Waals surface area contributed by atoms with E-state index in [0.29, 0.717) is 17.0 Å². The van der Waals surface area contributed by atoms with Crippen molar-refractivity contribution >= 4 is 17.3 Å². The highest BCUT2D eigenvalue weighted by molar-refractivity contribution is 6.32. The molecule has 0 aliphatic heterocycles. The average Bonchev–Trinajstić information content (AvgIpc) is 3.08. The van der Waals surface area contributed by atoms with E-state index in [9.17, 15) is 4.79 Å². The molecule has 5 heteroatoms. The smallest absolute Gasteiger partial charge is 0.285 e. The molecule has 4 nitrogen and oxygen atoms in total. The number of hydrogen-bond acceptors (Lipinski definition) is 3. The van der Waals surface area contributed by atoms with Crippen LogP contribution in [0.1, 0.15) is 24.0 Å². The summed E-state index contributed by atoms with van der Waals surface area (Å²) in [4.78, 5) is 11.4. The predicted molar refractivity (Wildman–Crippen MR) is 82.9 cm³/mol. The van der Waals surface area contributed by atoms with Crippen LogP contribution >= 0.6 is 11.6 Å². The van der Waals surface area contributed by atoms with Crippen molar-refractivity contribution in [1.29, 1.82) is 0 Å². The van der Waals surface area contributed by atoms with Gasteiger partial charge >= 0.3 is 0 Å². The monoisotopic (exact) mass is 301 g/mol. The SMILES string of the molecule is O=c1[nH]ncc(NCC2CC23CCc2ccccc23)c1Cl. The number of aromatic amines is 1. The minimum absolute atomic E-state index is 0.187. The first-order chi connectivity index (χ1) is 10.2. The fourth-order valence-electron chi connectivity index (χ4n) is 3.74. The summed E-state index contributed by atoms with van der Waals surface area (Å²) in [6, 6.07) is 8.76. The zero-order chi connectivity index (χ0) is 14.4. The topological polar surface area (TPSA) is 57.8 Å². The Morgan fingerprint density at radius 2 is 2.29 bits per heavy atom. The van der Waals surface area contributed by atoms with Crippen molar-refractivity contribution in [2.45, 2.75) is 24.7 Å². The molecule has 21 heavy (non-hydrogen) atoms. The number of benzene rings is 1. The van der Waals surface area contributed by atoms with E-state index < -0.39 is 0 Å². The first kappa shape index (κ1) is 12.9. The Hall–Kier alpha value is -1.81. The van der Waals surface area contributed by atoms with Gasteiger partial charge in [0.25, 0.3) is 5.56 Å². The van der Waals surface area contributed by atoms with Gasteiger partial charge in [0.05, 0.1) is 11.9 Å². The fourth-order valence-corrected chi connectivity index (χ4v) is 3.90. The molecule has 1 heterocycles. The molecular formula is C16H16ClN3O. The lowest BCUT2D eigenvalue weighted by atomic mass is 9.95. The van der Waals surface area contributed by atoms with Crippen LogP contribution in [-0.4, -0.2) is 16.7 Å². The fraction of sp³-hybridized carbons (Fsp3) is 0.375. The number of H-pyrrole nitrogens is 1. The number of aromatic nitrogens is 2. The highest BCUT2D eigenvalue weighted by Gasteiger charge is 2.57. The van der Waals surface area contributed by atoms with Gasteiger partial charge in [-0.3, -0.25) is 4.79 Å². The third kappa shape index (κ3) is 1.97. The first-order valence-corrected chi connectivity index (χ1v) is 7.64. The molecule has 2 atom stereocenters. The lowest BCUT2D eigenvalue weighted by molar-refractivity contribution is 0.609. The molecule has 2 unspecified atom stereocenters. The molecule has 1 spiro atoms. The second kappa shape index (κ2) is 4.60. The average molecular weight is 302 g/mol. The van der Waals surface area contributed by atoms with E-state index in [-0.39, 0.29) is 10.6 Å². The summed E-state index contributed by atoms with van der Waals surface area (Å²) < 4.78 is 0. The number of rotatable bonds is 3. The maximum Gasteiger partial charge on any atom is 0.285 e. The molecule has 1 aromatic carbocycles. The third-order valence-electron chi connectivity index (χ3n) is 4.96. The summed E-state index contributed by atoms with van der Waals surface area (Å²) in [5, 5.41) is 9.58. The van der Waals surface area contributed by atoms with E-state index in [0.717, 1.165) is 6.54 Å². The Bertz CT molecular complexity index is 757. The van der Waals surface area contributed by atoms with Crippen molar-refractivity contribution in [3.05, 3.63) is 57.0 Å². The second-order valence-corrected chi connectivity index (χ2v) is 6.40. The lowest BCUT2D eigenvalue weighted by Gasteiger charge is -2.13. The van der Waals surface area contributed by atoms with Crippen molar-refractivity contribution in [3.63, 3.8) is 0 Å². The Morgan fingerprint density at radius 1 is 1.43 bits per heavy atom. The Morgan fingerprint density at radius 3 is 3.19 bits per heavy atom. The van der Waals surface area contributed by atoms with Gasteiger partial charge in [0.15, 0.2) is 0 Å². The first-order valence-electron chi connectivity index (χ1n) is 7.26. The van der Waals surface area contributed by atoms with Crippen molar-refractivity contribution in [2.24, 2.45) is 5.92 Å². The molecule has 0 amide bonds. The van der Waals surface area contributed by atoms with E-state index in [1.165, 1.54) is 30.4 Å². The Balaban J connectivity index is 1.50. The summed E-state index contributed by atoms with van der Waals surface area (Å²) in [5.41, 5.74) is 3.64. The van der Waals surface area contributed by atoms with Gasteiger partial charge < -0.3 is 5.32 Å². The van der Waals surface area contributed by atoms with Gasteiger partial charge in [-0.1, -0.05) is 35.9 Å². The quantitative estimate of drug-likeness (QED) is 0.916. The van der Waals surface area contributed by atoms with E-state index >= 15 is 0 Å². The lowest BCUT2D eigenvalue weighted by Crippen LogP contribution is -2.16. The number of nitrogens with zero attached hydrogens (tertiary/aromatic N) is 1. The van der Waals surface area contributed by atoms with Crippen LogP contribution < -0.4 is 10.9 Å². The van der Waals surface area contributed by atoms with Gasteiger partial charge in [-0.25, -0.2) is 5.10 Å². The molecule has 2 N–H and O–H groups in total. The molecule has 2 aliphatic carbocycles. The summed E-state index contributed by atoms with van der Waals surface area (Å²) in [6.07, 6.45) is 5.20. The van der Waals surface area contributed by atoms with E-state index in [1.54, 1.807) is 6.20 Å². The van der Waals surface area contributed by atoms with Gasteiger partial charge in [-0.2, -0.15) is 5.10 Å². The Kier molecular flexibility index (Phi) is 2.82. The molecule has 0 radical (unpaired) electrons. The van der Waals surface area contributed by atoms with Crippen LogP contribution in [0, 0.1) is 5.92 Å². The van der Waals surface area contributed by atoms with E-state index in [2.05, 4.69) is 39.8 Å². The molecule has 1 aromatic heterocycles. The van der Waals surface area contributed by atoms with Crippen LogP contribution in [0.3, 0.4) is 0 Å². The standard InChI is InChI=1S/C16H16ClN3O/c17-14-13(9-19-20-15(14)21)18-8-11-7-16(11)6-5-10-3-1-2-4-12(10)16/h1-4,9,11H,5-8H2,(H2,18,20,21). The number of nitrogens with one attached hydrogen (secondary N) is 2. The summed E-state index contributed by atoms with van der Waals surface area (Å²) in [7, 11) is 0. The van der Waals surface area contributed by atoms with Crippen LogP contribution in [0.15, 0.2) is 35.3 Å². The summed E-state index contributed by atoms with van der Waals surface area (Å²) in [6.45, 7) is 0.833. The molecule has 0 bridgehead atoms. The number of aryl methyl sites for hydroxylation is 1. The molecular weight excluding hydrogens is 286 g/mol. The van der Waals surface area contributed by atoms with Crippen molar-refractivity contribution in [3.8, 4) is 0 Å². The summed E-state index contributed by atoms with van der Waals surface area (Å²) >= 11 is 5.98. The van der Waals surface area contributed by atoms with Gasteiger partial charge in [0.2, 0.25) is 0 Å². The van der Waals surface area contributed by atoms with E-state index in [4.69, 9.17) is 11.6 Å². The van der Waals surface area contributed by atoms with Crippen molar-refractivity contribution in [2.75, 3.05) is 11.9 Å². The maximum atomic E-state index is 11.4. The molecule has 4 rings (SSSR count). The largest absolute Gasteiger partial charge is 0.382 e. The molecule has 2 aromatic rings. The van der Waals surface area contributed by atoms with Crippen LogP contribution in [0.4, 0.5) is 5.69 Å². The number of halogens is 1. The number of anilines is 1. The van der Waals surface area contributed by atoms with Crippen LogP contribution in [0.5, 0.6) is 0 Å². The minimum Gasteiger partial charge on any atom is -0.382 e. The normalized spacial score (nSPS) is 25.9. The second-order valence-electron chi connectivity index (χ2n) is 6.02. The summed E-state index contributed by atoms with van der Waals surface area (Å²) in [5.74, 6) is 0.608. The van der Waals surface area contributed by atoms with Crippen LogP contribution in [-0.2, 0) is 11.8 Å². The number of hydrogen-bond donors (Lipinski definition) is 2. The van der Waals surface area contributed by atoms with Crippen molar-refractivity contribution in [1.82, 2.24) is 10.2 Å². The zero-order valence-corrected chi connectivity index (χ0v) is 12.3. The molecule has 1 fully saturated rings. The van der Waals surface area contributed by atoms with Crippen LogP contribution in [0.25, 0.3) is 0 Å². The molecule has 108 valence electrons. The van der Waals surface area contributed by atoms with E-state index in [1.807, 2.05) is 0 Å². The van der Waals surface area contributed by atoms with Gasteiger partial charge in [0, 0.05) is 12.0 Å². The predicted octanol–water partition coefficient (Wildman–Crippen LogP) is 2.74. The molecule has 0 saturated heterocycles. The maximum absolute atomic E-state index is 11.4. The minimum atomic E-state index is -0.349. The van der Waals surface area contributed by atoms with Gasteiger partial charge in [0.1, 0.15) is 5.02 Å². The highest BCUT2D eigenvalue weighted by Crippen LogP contribution is 2.61. The van der Waals surface area contributed by atoms with Crippen molar-refractivity contribution < 1.29 is 0 Å². The van der Waals surface area contributed by atoms with Gasteiger partial charge in [-0.15, -0.1) is 0 Å². The third-order valence-corrected chi connectivity index (χ3v) is 5.34. The Labute approximate surface area is 127 Å². The van der Waals surface area contributed by atoms with Gasteiger partial charge in [-0.05, 0) is 36.3 Å². The number of fused-ring (bicyclic) bond motifs is 2. The highest BCUT2D eigenvalue weighted by atomic mass is 35.5. The zero-order valence-electron chi connectivity index (χ0n) is 11.5.